The van der Waals surface area contributed by atoms with E-state index in [4.69, 9.17) is 22.4 Å². The summed E-state index contributed by atoms with van der Waals surface area (Å²) in [5.41, 5.74) is 6.35. The Morgan fingerprint density at radius 2 is 1.93 bits per heavy atom. The molecule has 0 aliphatic heterocycles. The third-order valence-electron chi connectivity index (χ3n) is 2.01. The Kier molecular flexibility index (Phi) is 4.78. The molecule has 3 nitrogen and oxygen atoms in total. The molecule has 1 aromatic rings. The molecule has 0 radical (unpaired) electrons. The van der Waals surface area contributed by atoms with Gasteiger partial charge in [-0.2, -0.15) is 0 Å². The molecular weight excluding hydrogens is 214 g/mol. The molecule has 4 heteroatoms. The zero-order chi connectivity index (χ0) is 11.3. The highest BCUT2D eigenvalue weighted by atomic mass is 35.5. The van der Waals surface area contributed by atoms with Gasteiger partial charge in [-0.05, 0) is 17.7 Å². The zero-order valence-electron chi connectivity index (χ0n) is 8.18. The van der Waals surface area contributed by atoms with Crippen LogP contribution < -0.4 is 5.73 Å². The number of hydrogen-bond acceptors (Lipinski definition) is 3. The van der Waals surface area contributed by atoms with Crippen molar-refractivity contribution >= 4 is 17.7 Å². The summed E-state index contributed by atoms with van der Waals surface area (Å²) in [4.78, 5) is 0. The SMILES string of the molecule is N[C@@H](CO)[C@H](O)/C=C/c1ccc(Cl)cc1. The van der Waals surface area contributed by atoms with Crippen molar-refractivity contribution in [1.29, 1.82) is 0 Å². The van der Waals surface area contributed by atoms with Gasteiger partial charge in [0.2, 0.25) is 0 Å². The Labute approximate surface area is 93.8 Å². The Morgan fingerprint density at radius 3 is 2.47 bits per heavy atom. The summed E-state index contributed by atoms with van der Waals surface area (Å²) in [5, 5.41) is 18.8. The third-order valence-corrected chi connectivity index (χ3v) is 2.26. The van der Waals surface area contributed by atoms with E-state index in [1.165, 1.54) is 0 Å². The molecule has 82 valence electrons. The molecule has 0 bridgehead atoms. The van der Waals surface area contributed by atoms with Crippen LogP contribution in [0.1, 0.15) is 5.56 Å². The third kappa shape index (κ3) is 4.01. The normalized spacial score (nSPS) is 15.5. The summed E-state index contributed by atoms with van der Waals surface area (Å²) in [7, 11) is 0. The molecule has 0 saturated carbocycles. The van der Waals surface area contributed by atoms with Gasteiger partial charge in [0.1, 0.15) is 0 Å². The second-order valence-electron chi connectivity index (χ2n) is 3.25. The largest absolute Gasteiger partial charge is 0.395 e. The maximum atomic E-state index is 9.44. The van der Waals surface area contributed by atoms with Crippen LogP contribution in [-0.4, -0.2) is 29.0 Å². The average Bonchev–Trinajstić information content (AvgIpc) is 2.26. The van der Waals surface area contributed by atoms with Crippen molar-refractivity contribution in [3.8, 4) is 0 Å². The van der Waals surface area contributed by atoms with Crippen LogP contribution >= 0.6 is 11.6 Å². The maximum Gasteiger partial charge on any atom is 0.0897 e. The smallest absolute Gasteiger partial charge is 0.0897 e. The topological polar surface area (TPSA) is 66.5 Å². The fourth-order valence-corrected chi connectivity index (χ4v) is 1.16. The highest BCUT2D eigenvalue weighted by Gasteiger charge is 2.08. The van der Waals surface area contributed by atoms with E-state index in [1.807, 2.05) is 12.1 Å². The molecule has 0 aliphatic carbocycles. The van der Waals surface area contributed by atoms with Gasteiger partial charge in [0.15, 0.2) is 0 Å². The van der Waals surface area contributed by atoms with Gasteiger partial charge >= 0.3 is 0 Å². The first-order valence-electron chi connectivity index (χ1n) is 4.62. The first-order valence-corrected chi connectivity index (χ1v) is 4.99. The number of rotatable bonds is 4. The van der Waals surface area contributed by atoms with E-state index in [0.717, 1.165) is 5.56 Å². The second kappa shape index (κ2) is 5.88. The highest BCUT2D eigenvalue weighted by molar-refractivity contribution is 6.30. The molecule has 0 unspecified atom stereocenters. The van der Waals surface area contributed by atoms with Gasteiger partial charge in [-0.3, -0.25) is 0 Å². The van der Waals surface area contributed by atoms with Crippen LogP contribution in [0.25, 0.3) is 6.08 Å². The number of hydrogen-bond donors (Lipinski definition) is 3. The van der Waals surface area contributed by atoms with E-state index in [-0.39, 0.29) is 6.61 Å². The fourth-order valence-electron chi connectivity index (χ4n) is 1.03. The molecule has 0 heterocycles. The van der Waals surface area contributed by atoms with Gasteiger partial charge in [-0.1, -0.05) is 35.9 Å². The number of aliphatic hydroxyl groups is 2. The summed E-state index contributed by atoms with van der Waals surface area (Å²) in [6, 6.07) is 6.54. The minimum atomic E-state index is -0.842. The first kappa shape index (κ1) is 12.2. The van der Waals surface area contributed by atoms with Gasteiger partial charge in [0, 0.05) is 5.02 Å². The minimum Gasteiger partial charge on any atom is -0.395 e. The van der Waals surface area contributed by atoms with E-state index < -0.39 is 12.1 Å². The van der Waals surface area contributed by atoms with Crippen LogP contribution in [0.5, 0.6) is 0 Å². The second-order valence-corrected chi connectivity index (χ2v) is 3.68. The van der Waals surface area contributed by atoms with Crippen LogP contribution in [0, 0.1) is 0 Å². The van der Waals surface area contributed by atoms with Crippen molar-refractivity contribution in [2.24, 2.45) is 5.73 Å². The van der Waals surface area contributed by atoms with Crippen LogP contribution in [-0.2, 0) is 0 Å². The first-order chi connectivity index (χ1) is 7.13. The molecular formula is C11H14ClNO2. The molecule has 1 rings (SSSR count). The molecule has 0 fully saturated rings. The summed E-state index contributed by atoms with van der Waals surface area (Å²) >= 11 is 5.72. The molecule has 15 heavy (non-hydrogen) atoms. The number of benzene rings is 1. The monoisotopic (exact) mass is 227 g/mol. The summed E-state index contributed by atoms with van der Waals surface area (Å²) in [6.07, 6.45) is 2.44. The van der Waals surface area contributed by atoms with E-state index in [9.17, 15) is 5.11 Å². The molecule has 1 aromatic carbocycles. The van der Waals surface area contributed by atoms with Crippen LogP contribution in [0.15, 0.2) is 30.3 Å². The van der Waals surface area contributed by atoms with E-state index >= 15 is 0 Å². The lowest BCUT2D eigenvalue weighted by atomic mass is 10.1. The van der Waals surface area contributed by atoms with Gasteiger partial charge in [-0.25, -0.2) is 0 Å². The summed E-state index contributed by atoms with van der Waals surface area (Å²) in [5.74, 6) is 0. The number of halogens is 1. The van der Waals surface area contributed by atoms with Crippen molar-refractivity contribution < 1.29 is 10.2 Å². The van der Waals surface area contributed by atoms with Gasteiger partial charge in [0.05, 0.1) is 18.8 Å². The molecule has 0 spiro atoms. The zero-order valence-corrected chi connectivity index (χ0v) is 8.93. The molecule has 0 aromatic heterocycles. The van der Waals surface area contributed by atoms with Gasteiger partial charge in [-0.15, -0.1) is 0 Å². The van der Waals surface area contributed by atoms with Gasteiger partial charge in [0.25, 0.3) is 0 Å². The number of nitrogens with two attached hydrogens (primary N) is 1. The van der Waals surface area contributed by atoms with Crippen molar-refractivity contribution in [3.05, 3.63) is 40.9 Å². The lowest BCUT2D eigenvalue weighted by Crippen LogP contribution is -2.36. The Hall–Kier alpha value is -0.870. The lowest BCUT2D eigenvalue weighted by Gasteiger charge is -2.11. The minimum absolute atomic E-state index is 0.244. The van der Waals surface area contributed by atoms with Crippen molar-refractivity contribution in [2.75, 3.05) is 6.61 Å². The van der Waals surface area contributed by atoms with Crippen molar-refractivity contribution in [1.82, 2.24) is 0 Å². The van der Waals surface area contributed by atoms with Gasteiger partial charge < -0.3 is 15.9 Å². The van der Waals surface area contributed by atoms with Crippen LogP contribution in [0.3, 0.4) is 0 Å². The van der Waals surface area contributed by atoms with Crippen molar-refractivity contribution in [3.63, 3.8) is 0 Å². The Balaban J connectivity index is 2.61. The van der Waals surface area contributed by atoms with E-state index in [0.29, 0.717) is 5.02 Å². The lowest BCUT2D eigenvalue weighted by molar-refractivity contribution is 0.145. The fraction of sp³-hybridized carbons (Fsp3) is 0.273. The van der Waals surface area contributed by atoms with Crippen LogP contribution in [0.2, 0.25) is 5.02 Å². The predicted octanol–water partition coefficient (Wildman–Crippen LogP) is 1.03. The number of aliphatic hydroxyl groups excluding tert-OH is 2. The summed E-state index contributed by atoms with van der Waals surface area (Å²) < 4.78 is 0. The predicted molar refractivity (Wildman–Crippen MR) is 61.6 cm³/mol. The Bertz CT molecular complexity index is 324. The quantitative estimate of drug-likeness (QED) is 0.720. The highest BCUT2D eigenvalue weighted by Crippen LogP contribution is 2.11. The standard InChI is InChI=1S/C11H14ClNO2/c12-9-4-1-8(2-5-9)3-6-11(15)10(13)7-14/h1-6,10-11,14-15H,7,13H2/b6-3+/t10-,11+/m0/s1. The van der Waals surface area contributed by atoms with E-state index in [1.54, 1.807) is 24.3 Å². The summed E-state index contributed by atoms with van der Waals surface area (Å²) in [6.45, 7) is -0.244. The van der Waals surface area contributed by atoms with Crippen LogP contribution in [0.4, 0.5) is 0 Å². The molecule has 2 atom stereocenters. The molecule has 0 saturated heterocycles. The Morgan fingerprint density at radius 1 is 1.33 bits per heavy atom. The molecule has 0 aliphatic rings. The maximum absolute atomic E-state index is 9.44. The molecule has 4 N–H and O–H groups in total. The molecule has 0 amide bonds. The van der Waals surface area contributed by atoms with E-state index in [2.05, 4.69) is 0 Å². The average molecular weight is 228 g/mol. The van der Waals surface area contributed by atoms with Crippen molar-refractivity contribution in [2.45, 2.75) is 12.1 Å².